The molecule has 112 valence electrons. The van der Waals surface area contributed by atoms with Crippen LogP contribution >= 0.6 is 11.3 Å². The van der Waals surface area contributed by atoms with Gasteiger partial charge in [-0.2, -0.15) is 0 Å². The first kappa shape index (κ1) is 16.6. The highest BCUT2D eigenvalue weighted by atomic mass is 32.1. The summed E-state index contributed by atoms with van der Waals surface area (Å²) in [6.45, 7) is 2.20. The Balaban J connectivity index is 0.000000240. The van der Waals surface area contributed by atoms with E-state index in [1.54, 1.807) is 6.33 Å². The first-order valence-corrected chi connectivity index (χ1v) is 7.03. The standard InChI is InChI=1S/C10H12N2S.C4H4O4/c1-2-10-8(3-4-13-10)5-9-6-11-7-12-9;5-3(6)1-2-4(7)8/h3-4,6-7H,2,5H2,1H3,(H,11,12);1-2H,(H,5,6)(H,7,8)/p-2/b;2-1+. The number of rotatable bonds is 5. The molecule has 0 amide bonds. The zero-order valence-corrected chi connectivity index (χ0v) is 12.2. The van der Waals surface area contributed by atoms with Crippen LogP contribution in [0.3, 0.4) is 0 Å². The number of H-pyrrole nitrogens is 1. The van der Waals surface area contributed by atoms with E-state index in [2.05, 4.69) is 28.3 Å². The summed E-state index contributed by atoms with van der Waals surface area (Å²) in [7, 11) is 0. The molecule has 0 spiro atoms. The summed E-state index contributed by atoms with van der Waals surface area (Å²) in [6, 6.07) is 2.20. The number of carbonyl (C=O) groups excluding carboxylic acids is 2. The smallest absolute Gasteiger partial charge is 0.0921 e. The van der Waals surface area contributed by atoms with Gasteiger partial charge in [-0.1, -0.05) is 6.92 Å². The van der Waals surface area contributed by atoms with E-state index in [4.69, 9.17) is 0 Å². The van der Waals surface area contributed by atoms with Crippen molar-refractivity contribution in [2.45, 2.75) is 19.8 Å². The molecule has 7 heteroatoms. The number of nitrogens with zero attached hydrogens (tertiary/aromatic N) is 1. The van der Waals surface area contributed by atoms with Crippen LogP contribution in [-0.4, -0.2) is 21.9 Å². The zero-order chi connectivity index (χ0) is 15.7. The minimum absolute atomic E-state index is 0.384. The van der Waals surface area contributed by atoms with E-state index in [1.165, 1.54) is 16.1 Å². The van der Waals surface area contributed by atoms with Crippen LogP contribution in [0.2, 0.25) is 0 Å². The van der Waals surface area contributed by atoms with Gasteiger partial charge < -0.3 is 24.8 Å². The van der Waals surface area contributed by atoms with Crippen molar-refractivity contribution in [1.82, 2.24) is 9.97 Å². The number of aryl methyl sites for hydroxylation is 1. The second-order valence-electron chi connectivity index (χ2n) is 3.95. The Morgan fingerprint density at radius 2 is 2.00 bits per heavy atom. The molecule has 21 heavy (non-hydrogen) atoms. The summed E-state index contributed by atoms with van der Waals surface area (Å²) >= 11 is 1.84. The van der Waals surface area contributed by atoms with Crippen molar-refractivity contribution in [3.05, 3.63) is 52.3 Å². The highest BCUT2D eigenvalue weighted by molar-refractivity contribution is 7.10. The van der Waals surface area contributed by atoms with Gasteiger partial charge in [-0.3, -0.25) is 0 Å². The Morgan fingerprint density at radius 3 is 2.48 bits per heavy atom. The first-order chi connectivity index (χ1) is 10.0. The van der Waals surface area contributed by atoms with Gasteiger partial charge in [-0.15, -0.1) is 11.3 Å². The van der Waals surface area contributed by atoms with Crippen molar-refractivity contribution in [3.8, 4) is 0 Å². The van der Waals surface area contributed by atoms with Crippen molar-refractivity contribution < 1.29 is 19.8 Å². The molecule has 2 heterocycles. The summed E-state index contributed by atoms with van der Waals surface area (Å²) in [5.41, 5.74) is 2.62. The summed E-state index contributed by atoms with van der Waals surface area (Å²) in [5, 5.41) is 21.0. The molecule has 6 nitrogen and oxygen atoms in total. The number of aliphatic carboxylic acids is 2. The third-order valence-corrected chi connectivity index (χ3v) is 3.56. The minimum atomic E-state index is -1.55. The Kier molecular flexibility index (Phi) is 6.90. The predicted octanol–water partition coefficient (Wildman–Crippen LogP) is -0.333. The van der Waals surface area contributed by atoms with E-state index >= 15 is 0 Å². The molecule has 0 radical (unpaired) electrons. The number of carboxylic acid groups (broad SMARTS) is 2. The molecule has 2 aromatic rings. The van der Waals surface area contributed by atoms with E-state index in [0.29, 0.717) is 12.2 Å². The van der Waals surface area contributed by atoms with Crippen LogP contribution in [-0.2, 0) is 22.4 Å². The summed E-state index contributed by atoms with van der Waals surface area (Å²) in [6.07, 6.45) is 6.49. The lowest BCUT2D eigenvalue weighted by molar-refractivity contribution is -0.301. The molecule has 0 fully saturated rings. The van der Waals surface area contributed by atoms with Crippen LogP contribution in [0.25, 0.3) is 0 Å². The van der Waals surface area contributed by atoms with Crippen molar-refractivity contribution >= 4 is 23.3 Å². The third kappa shape index (κ3) is 6.53. The Morgan fingerprint density at radius 1 is 1.33 bits per heavy atom. The normalized spacial score (nSPS) is 10.1. The number of carboxylic acids is 2. The molecule has 0 atom stereocenters. The number of hydrogen-bond acceptors (Lipinski definition) is 6. The topological polar surface area (TPSA) is 109 Å². The minimum Gasteiger partial charge on any atom is -0.545 e. The quantitative estimate of drug-likeness (QED) is 0.761. The SMILES string of the molecule is CCc1sccc1Cc1cnc[nH]1.O=C([O-])/C=C/C(=O)[O-]. The van der Waals surface area contributed by atoms with Crippen LogP contribution in [0.4, 0.5) is 0 Å². The molecule has 0 aliphatic heterocycles. The number of aromatic nitrogens is 2. The molecular formula is C14H14N2O4S-2. The molecule has 0 aliphatic rings. The van der Waals surface area contributed by atoms with E-state index in [9.17, 15) is 19.8 Å². The first-order valence-electron chi connectivity index (χ1n) is 6.15. The summed E-state index contributed by atoms with van der Waals surface area (Å²) < 4.78 is 0. The van der Waals surface area contributed by atoms with Crippen LogP contribution in [0.5, 0.6) is 0 Å². The maximum Gasteiger partial charge on any atom is 0.0921 e. The molecule has 0 bridgehead atoms. The second-order valence-corrected chi connectivity index (χ2v) is 4.95. The second kappa shape index (κ2) is 8.70. The average molecular weight is 306 g/mol. The number of carbonyl (C=O) groups is 2. The lowest BCUT2D eigenvalue weighted by atomic mass is 10.1. The van der Waals surface area contributed by atoms with Gasteiger partial charge in [-0.05, 0) is 35.6 Å². The molecule has 2 rings (SSSR count). The van der Waals surface area contributed by atoms with Gasteiger partial charge in [0.15, 0.2) is 0 Å². The van der Waals surface area contributed by atoms with Crippen molar-refractivity contribution in [2.75, 3.05) is 0 Å². The monoisotopic (exact) mass is 306 g/mol. The number of nitrogens with one attached hydrogen (secondary N) is 1. The fourth-order valence-electron chi connectivity index (χ4n) is 1.56. The van der Waals surface area contributed by atoms with Gasteiger partial charge in [0.25, 0.3) is 0 Å². The summed E-state index contributed by atoms with van der Waals surface area (Å²) in [4.78, 5) is 27.4. The Labute approximate surface area is 125 Å². The maximum atomic E-state index is 9.41. The molecule has 0 aromatic carbocycles. The maximum absolute atomic E-state index is 9.41. The number of hydrogen-bond donors (Lipinski definition) is 1. The van der Waals surface area contributed by atoms with Crippen molar-refractivity contribution in [1.29, 1.82) is 0 Å². The molecule has 0 unspecified atom stereocenters. The van der Waals surface area contributed by atoms with Crippen LogP contribution in [0.15, 0.2) is 36.1 Å². The van der Waals surface area contributed by atoms with Crippen molar-refractivity contribution in [2.24, 2.45) is 0 Å². The molecule has 1 N–H and O–H groups in total. The van der Waals surface area contributed by atoms with Crippen LogP contribution in [0, 0.1) is 0 Å². The lowest BCUT2D eigenvalue weighted by Crippen LogP contribution is -2.23. The molecule has 0 saturated carbocycles. The zero-order valence-electron chi connectivity index (χ0n) is 11.4. The van der Waals surface area contributed by atoms with Gasteiger partial charge in [0.05, 0.1) is 18.3 Å². The molecular weight excluding hydrogens is 292 g/mol. The van der Waals surface area contributed by atoms with Gasteiger partial charge in [-0.25, -0.2) is 4.98 Å². The number of thiophene rings is 1. The fraction of sp³-hybridized carbons (Fsp3) is 0.214. The van der Waals surface area contributed by atoms with Gasteiger partial charge >= 0.3 is 0 Å². The Hall–Kier alpha value is -2.41. The fourth-order valence-corrected chi connectivity index (χ4v) is 2.41. The van der Waals surface area contributed by atoms with Crippen LogP contribution < -0.4 is 10.2 Å². The van der Waals surface area contributed by atoms with E-state index in [-0.39, 0.29) is 0 Å². The average Bonchev–Trinajstić information content (AvgIpc) is 3.09. The third-order valence-electron chi connectivity index (χ3n) is 2.45. The van der Waals surface area contributed by atoms with Crippen LogP contribution in [0.1, 0.15) is 23.1 Å². The van der Waals surface area contributed by atoms with Gasteiger partial charge in [0.2, 0.25) is 0 Å². The summed E-state index contributed by atoms with van der Waals surface area (Å²) in [5.74, 6) is -3.09. The van der Waals surface area contributed by atoms with Crippen molar-refractivity contribution in [3.63, 3.8) is 0 Å². The molecule has 0 aliphatic carbocycles. The predicted molar refractivity (Wildman–Crippen MR) is 74.2 cm³/mol. The van der Waals surface area contributed by atoms with Gasteiger partial charge in [0.1, 0.15) is 0 Å². The lowest BCUT2D eigenvalue weighted by Gasteiger charge is -1.98. The molecule has 0 saturated heterocycles. The Bertz CT molecular complexity index is 586. The number of aromatic amines is 1. The van der Waals surface area contributed by atoms with E-state index in [0.717, 1.165) is 12.8 Å². The van der Waals surface area contributed by atoms with E-state index < -0.39 is 11.9 Å². The largest absolute Gasteiger partial charge is 0.545 e. The molecule has 2 aromatic heterocycles. The number of imidazole rings is 1. The van der Waals surface area contributed by atoms with E-state index in [1.807, 2.05) is 17.5 Å². The highest BCUT2D eigenvalue weighted by Crippen LogP contribution is 2.19. The van der Waals surface area contributed by atoms with Gasteiger partial charge in [0, 0.05) is 23.2 Å². The highest BCUT2D eigenvalue weighted by Gasteiger charge is 2.03.